The zero-order chi connectivity index (χ0) is 20.9. The average Bonchev–Trinajstić information content (AvgIpc) is 2.60. The molecule has 0 aromatic heterocycles. The van der Waals surface area contributed by atoms with Gasteiger partial charge in [0.1, 0.15) is 5.75 Å². The monoisotopic (exact) mass is 463 g/mol. The summed E-state index contributed by atoms with van der Waals surface area (Å²) >= 11 is 8.56. The Balaban J connectivity index is 2.07. The first-order valence-corrected chi connectivity index (χ1v) is 9.67. The lowest BCUT2D eigenvalue weighted by atomic mass is 10.1. The van der Waals surface area contributed by atoms with E-state index in [2.05, 4.69) is 31.9 Å². The molecule has 148 valence electrons. The van der Waals surface area contributed by atoms with Crippen LogP contribution in [-0.4, -0.2) is 29.6 Å². The van der Waals surface area contributed by atoms with E-state index in [1.54, 1.807) is 42.5 Å². The molecule has 0 aliphatic heterocycles. The van der Waals surface area contributed by atoms with E-state index in [-0.39, 0.29) is 16.6 Å². The second-order valence-electron chi connectivity index (χ2n) is 7.04. The normalized spacial score (nSPS) is 10.8. The summed E-state index contributed by atoms with van der Waals surface area (Å²) in [6.07, 6.45) is 0. The molecule has 2 amide bonds. The minimum atomic E-state index is -0.405. The van der Waals surface area contributed by atoms with Gasteiger partial charge in [-0.1, -0.05) is 22.0 Å². The number of anilines is 1. The lowest BCUT2D eigenvalue weighted by Crippen LogP contribution is -2.40. The predicted octanol–water partition coefficient (Wildman–Crippen LogP) is 4.11. The second-order valence-corrected chi connectivity index (χ2v) is 8.36. The highest BCUT2D eigenvalue weighted by molar-refractivity contribution is 9.10. The molecule has 0 aliphatic rings. The van der Waals surface area contributed by atoms with E-state index in [0.717, 1.165) is 4.47 Å². The van der Waals surface area contributed by atoms with E-state index in [9.17, 15) is 9.59 Å². The second kappa shape index (κ2) is 9.16. The van der Waals surface area contributed by atoms with Gasteiger partial charge in [0.15, 0.2) is 5.11 Å². The zero-order valence-corrected chi connectivity index (χ0v) is 18.5. The van der Waals surface area contributed by atoms with Crippen LogP contribution in [0.2, 0.25) is 0 Å². The first-order chi connectivity index (χ1) is 13.1. The molecule has 2 aromatic rings. The molecule has 0 heterocycles. The van der Waals surface area contributed by atoms with Crippen molar-refractivity contribution >= 4 is 50.8 Å². The summed E-state index contributed by atoms with van der Waals surface area (Å²) in [6.45, 7) is 5.73. The maximum Gasteiger partial charge on any atom is 0.261 e. The van der Waals surface area contributed by atoms with Gasteiger partial charge in [-0.3, -0.25) is 14.9 Å². The van der Waals surface area contributed by atoms with Crippen LogP contribution in [0.15, 0.2) is 46.9 Å². The van der Waals surface area contributed by atoms with Crippen LogP contribution in [0.3, 0.4) is 0 Å². The minimum absolute atomic E-state index is 0.111. The van der Waals surface area contributed by atoms with Crippen LogP contribution in [0.5, 0.6) is 5.75 Å². The Morgan fingerprint density at radius 1 is 1.07 bits per heavy atom. The van der Waals surface area contributed by atoms with Crippen molar-refractivity contribution in [3.05, 3.63) is 58.1 Å². The summed E-state index contributed by atoms with van der Waals surface area (Å²) < 4.78 is 5.96. The molecule has 0 atom stereocenters. The van der Waals surface area contributed by atoms with Gasteiger partial charge >= 0.3 is 0 Å². The Labute approximate surface area is 178 Å². The molecular weight excluding hydrogens is 442 g/mol. The molecule has 28 heavy (non-hydrogen) atoms. The van der Waals surface area contributed by atoms with Gasteiger partial charge < -0.3 is 15.4 Å². The van der Waals surface area contributed by atoms with E-state index in [1.807, 2.05) is 20.8 Å². The molecule has 3 N–H and O–H groups in total. The van der Waals surface area contributed by atoms with Gasteiger partial charge in [-0.2, -0.15) is 0 Å². The van der Waals surface area contributed by atoms with Crippen molar-refractivity contribution in [3.63, 3.8) is 0 Å². The number of carbonyl (C=O) groups excluding carboxylic acids is 2. The maximum atomic E-state index is 12.5. The van der Waals surface area contributed by atoms with Crippen molar-refractivity contribution in [2.45, 2.75) is 26.3 Å². The third-order valence-electron chi connectivity index (χ3n) is 3.50. The first-order valence-electron chi connectivity index (χ1n) is 8.47. The fourth-order valence-corrected chi connectivity index (χ4v) is 2.91. The Hall–Kier alpha value is -2.45. The van der Waals surface area contributed by atoms with Crippen LogP contribution in [-0.2, 0) is 0 Å². The van der Waals surface area contributed by atoms with Gasteiger partial charge in [-0.25, -0.2) is 0 Å². The smallest absolute Gasteiger partial charge is 0.261 e. The number of ether oxygens (including phenoxy) is 1. The predicted molar refractivity (Wildman–Crippen MR) is 118 cm³/mol. The molecule has 0 unspecified atom stereocenters. The number of thiocarbonyl (C=S) groups is 1. The molecule has 0 fully saturated rings. The lowest BCUT2D eigenvalue weighted by Gasteiger charge is -2.20. The number of hydrogen-bond acceptors (Lipinski definition) is 4. The molecule has 0 saturated heterocycles. The van der Waals surface area contributed by atoms with Gasteiger partial charge in [0.25, 0.3) is 11.8 Å². The van der Waals surface area contributed by atoms with Crippen LogP contribution in [0.4, 0.5) is 5.69 Å². The molecule has 0 aliphatic carbocycles. The minimum Gasteiger partial charge on any atom is -0.496 e. The van der Waals surface area contributed by atoms with E-state index in [4.69, 9.17) is 17.0 Å². The number of methoxy groups -OCH3 is 1. The van der Waals surface area contributed by atoms with Gasteiger partial charge in [-0.05, 0) is 69.4 Å². The summed E-state index contributed by atoms with van der Waals surface area (Å²) in [6, 6.07) is 12.0. The van der Waals surface area contributed by atoms with Crippen molar-refractivity contribution in [2.75, 3.05) is 12.4 Å². The number of halogens is 1. The number of hydrogen-bond donors (Lipinski definition) is 3. The summed E-state index contributed by atoms with van der Waals surface area (Å²) in [5, 5.41) is 8.54. The third kappa shape index (κ3) is 6.31. The van der Waals surface area contributed by atoms with Crippen molar-refractivity contribution < 1.29 is 14.3 Å². The Morgan fingerprint density at radius 2 is 1.79 bits per heavy atom. The van der Waals surface area contributed by atoms with E-state index < -0.39 is 5.91 Å². The Morgan fingerprint density at radius 3 is 2.43 bits per heavy atom. The number of amides is 2. The number of benzene rings is 2. The zero-order valence-electron chi connectivity index (χ0n) is 16.1. The molecule has 0 spiro atoms. The SMILES string of the molecule is COc1ccc(Br)cc1C(=O)NC(=S)Nc1cccc(C(=O)NC(C)(C)C)c1. The molecule has 8 heteroatoms. The molecule has 0 bridgehead atoms. The summed E-state index contributed by atoms with van der Waals surface area (Å²) in [4.78, 5) is 24.8. The Kier molecular flexibility index (Phi) is 7.15. The standard InChI is InChI=1S/C20H22BrN3O3S/c1-20(2,3)24-17(25)12-6-5-7-14(10-12)22-19(28)23-18(26)15-11-13(21)8-9-16(15)27-4/h5-11H,1-4H3,(H,24,25)(H2,22,23,26,28). The molecule has 2 rings (SSSR count). The first kappa shape index (κ1) is 21.8. The number of carbonyl (C=O) groups is 2. The van der Waals surface area contributed by atoms with Crippen LogP contribution in [0.25, 0.3) is 0 Å². The van der Waals surface area contributed by atoms with Gasteiger partial charge in [-0.15, -0.1) is 0 Å². The van der Waals surface area contributed by atoms with Crippen LogP contribution >= 0.6 is 28.1 Å². The molecule has 2 aromatic carbocycles. The van der Waals surface area contributed by atoms with Crippen molar-refractivity contribution in [1.82, 2.24) is 10.6 Å². The van der Waals surface area contributed by atoms with E-state index in [1.165, 1.54) is 7.11 Å². The van der Waals surface area contributed by atoms with Crippen LogP contribution in [0, 0.1) is 0 Å². The topological polar surface area (TPSA) is 79.5 Å². The van der Waals surface area contributed by atoms with E-state index in [0.29, 0.717) is 22.6 Å². The summed E-state index contributed by atoms with van der Waals surface area (Å²) in [5.41, 5.74) is 1.09. The third-order valence-corrected chi connectivity index (χ3v) is 4.20. The molecule has 0 radical (unpaired) electrons. The van der Waals surface area contributed by atoms with Gasteiger partial charge in [0.05, 0.1) is 12.7 Å². The van der Waals surface area contributed by atoms with Crippen molar-refractivity contribution in [3.8, 4) is 5.75 Å². The number of nitrogens with one attached hydrogen (secondary N) is 3. The maximum absolute atomic E-state index is 12.5. The van der Waals surface area contributed by atoms with Crippen LogP contribution < -0.4 is 20.7 Å². The quantitative estimate of drug-likeness (QED) is 0.594. The van der Waals surface area contributed by atoms with E-state index >= 15 is 0 Å². The van der Waals surface area contributed by atoms with Gasteiger partial charge in [0, 0.05) is 21.3 Å². The molecule has 6 nitrogen and oxygen atoms in total. The highest BCUT2D eigenvalue weighted by atomic mass is 79.9. The molecular formula is C20H22BrN3O3S. The highest BCUT2D eigenvalue weighted by Crippen LogP contribution is 2.23. The largest absolute Gasteiger partial charge is 0.496 e. The Bertz CT molecular complexity index is 910. The summed E-state index contributed by atoms with van der Waals surface area (Å²) in [5.74, 6) is -0.161. The van der Waals surface area contributed by atoms with Crippen molar-refractivity contribution in [2.24, 2.45) is 0 Å². The number of rotatable bonds is 4. The highest BCUT2D eigenvalue weighted by Gasteiger charge is 2.17. The van der Waals surface area contributed by atoms with Crippen LogP contribution in [0.1, 0.15) is 41.5 Å². The fraction of sp³-hybridized carbons (Fsp3) is 0.250. The lowest BCUT2D eigenvalue weighted by molar-refractivity contribution is 0.0918. The fourth-order valence-electron chi connectivity index (χ4n) is 2.34. The summed E-state index contributed by atoms with van der Waals surface area (Å²) in [7, 11) is 1.49. The van der Waals surface area contributed by atoms with Crippen molar-refractivity contribution in [1.29, 1.82) is 0 Å². The van der Waals surface area contributed by atoms with Gasteiger partial charge in [0.2, 0.25) is 0 Å². The molecule has 0 saturated carbocycles. The average molecular weight is 464 g/mol.